The molecule has 0 aliphatic rings. The van der Waals surface area contributed by atoms with E-state index in [1.807, 2.05) is 0 Å². The van der Waals surface area contributed by atoms with E-state index in [-0.39, 0.29) is 34.3 Å². The summed E-state index contributed by atoms with van der Waals surface area (Å²) in [7, 11) is -3.89. The van der Waals surface area contributed by atoms with Crippen LogP contribution in [0.2, 0.25) is 10.0 Å². The first-order valence-corrected chi connectivity index (χ1v) is 9.26. The van der Waals surface area contributed by atoms with Gasteiger partial charge < -0.3 is 5.11 Å². The maximum absolute atomic E-state index is 12.9. The molecule has 0 fully saturated rings. The Morgan fingerprint density at radius 2 is 1.71 bits per heavy atom. The van der Waals surface area contributed by atoms with Crippen molar-refractivity contribution in [1.82, 2.24) is 0 Å². The van der Waals surface area contributed by atoms with Crippen molar-refractivity contribution >= 4 is 44.9 Å². The third-order valence-corrected chi connectivity index (χ3v) is 5.84. The Kier molecular flexibility index (Phi) is 6.10. The standard InChI is InChI=1S/C16H15Cl2NO4S/c17-14-9-8-13(11-15(14)18)24(22,23)19(10-4-7-16(20)21)12-5-2-1-3-6-12/h1-3,5-6,8-9,11H,4,7,10H2,(H,20,21). The zero-order chi connectivity index (χ0) is 17.7. The van der Waals surface area contributed by atoms with Crippen molar-refractivity contribution in [2.45, 2.75) is 17.7 Å². The molecule has 8 heteroatoms. The smallest absolute Gasteiger partial charge is 0.303 e. The zero-order valence-corrected chi connectivity index (χ0v) is 14.9. The third-order valence-electron chi connectivity index (χ3n) is 3.28. The molecule has 0 unspecified atom stereocenters. The van der Waals surface area contributed by atoms with Gasteiger partial charge in [-0.2, -0.15) is 0 Å². The van der Waals surface area contributed by atoms with Crippen molar-refractivity contribution in [2.75, 3.05) is 10.8 Å². The molecular weight excluding hydrogens is 373 g/mol. The van der Waals surface area contributed by atoms with Gasteiger partial charge in [0.05, 0.1) is 20.6 Å². The lowest BCUT2D eigenvalue weighted by Gasteiger charge is -2.24. The molecule has 0 aromatic heterocycles. The van der Waals surface area contributed by atoms with Gasteiger partial charge in [0, 0.05) is 13.0 Å². The van der Waals surface area contributed by atoms with Crippen LogP contribution in [0.25, 0.3) is 0 Å². The highest BCUT2D eigenvalue weighted by Gasteiger charge is 2.25. The number of rotatable bonds is 7. The quantitative estimate of drug-likeness (QED) is 0.777. The maximum atomic E-state index is 12.9. The average Bonchev–Trinajstić information content (AvgIpc) is 2.54. The summed E-state index contributed by atoms with van der Waals surface area (Å²) in [5, 5.41) is 9.18. The fourth-order valence-corrected chi connectivity index (χ4v) is 4.01. The van der Waals surface area contributed by atoms with Gasteiger partial charge >= 0.3 is 5.97 Å². The molecule has 0 amide bonds. The lowest BCUT2D eigenvalue weighted by atomic mass is 10.3. The van der Waals surface area contributed by atoms with E-state index in [4.69, 9.17) is 28.3 Å². The summed E-state index contributed by atoms with van der Waals surface area (Å²) in [6, 6.07) is 12.6. The molecule has 0 radical (unpaired) electrons. The van der Waals surface area contributed by atoms with Gasteiger partial charge in [0.2, 0.25) is 0 Å². The largest absolute Gasteiger partial charge is 0.481 e. The Morgan fingerprint density at radius 1 is 1.04 bits per heavy atom. The van der Waals surface area contributed by atoms with Crippen LogP contribution in [0.3, 0.4) is 0 Å². The van der Waals surface area contributed by atoms with Crippen LogP contribution in [0.4, 0.5) is 5.69 Å². The fraction of sp³-hybridized carbons (Fsp3) is 0.188. The number of aliphatic carboxylic acids is 1. The Balaban J connectivity index is 2.40. The van der Waals surface area contributed by atoms with Crippen molar-refractivity contribution in [2.24, 2.45) is 0 Å². The number of nitrogens with zero attached hydrogens (tertiary/aromatic N) is 1. The summed E-state index contributed by atoms with van der Waals surface area (Å²) >= 11 is 11.8. The molecule has 0 spiro atoms. The second kappa shape index (κ2) is 7.88. The van der Waals surface area contributed by atoms with Crippen LogP contribution < -0.4 is 4.31 Å². The van der Waals surface area contributed by atoms with Crippen LogP contribution in [-0.4, -0.2) is 26.0 Å². The number of carbonyl (C=O) groups is 1. The van der Waals surface area contributed by atoms with E-state index in [0.29, 0.717) is 5.69 Å². The minimum Gasteiger partial charge on any atom is -0.481 e. The number of sulfonamides is 1. The summed E-state index contributed by atoms with van der Waals surface area (Å²) in [6.07, 6.45) is 0.0605. The first-order valence-electron chi connectivity index (χ1n) is 7.07. The molecule has 5 nitrogen and oxygen atoms in total. The molecule has 0 bridgehead atoms. The zero-order valence-electron chi connectivity index (χ0n) is 12.5. The molecule has 0 heterocycles. The maximum Gasteiger partial charge on any atom is 0.303 e. The van der Waals surface area contributed by atoms with Crippen molar-refractivity contribution in [3.8, 4) is 0 Å². The molecule has 1 N–H and O–H groups in total. The van der Waals surface area contributed by atoms with Gasteiger partial charge in [0.25, 0.3) is 10.0 Å². The van der Waals surface area contributed by atoms with Gasteiger partial charge in [-0.05, 0) is 36.8 Å². The van der Waals surface area contributed by atoms with Crippen LogP contribution in [0.15, 0.2) is 53.4 Å². The number of benzene rings is 2. The van der Waals surface area contributed by atoms with E-state index in [0.717, 1.165) is 0 Å². The fourth-order valence-electron chi connectivity index (χ4n) is 2.12. The number of anilines is 1. The normalized spacial score (nSPS) is 11.2. The Labute approximate surface area is 150 Å². The minimum absolute atomic E-state index is 0.00363. The number of carboxylic acid groups (broad SMARTS) is 1. The second-order valence-corrected chi connectivity index (χ2v) is 7.66. The van der Waals surface area contributed by atoms with E-state index in [2.05, 4.69) is 0 Å². The minimum atomic E-state index is -3.89. The summed E-state index contributed by atoms with van der Waals surface area (Å²) in [5.74, 6) is -0.977. The topological polar surface area (TPSA) is 74.7 Å². The highest BCUT2D eigenvalue weighted by atomic mass is 35.5. The van der Waals surface area contributed by atoms with E-state index < -0.39 is 16.0 Å². The summed E-state index contributed by atoms with van der Waals surface area (Å²) in [6.45, 7) is 0.0406. The average molecular weight is 388 g/mol. The van der Waals surface area contributed by atoms with Crippen LogP contribution in [-0.2, 0) is 14.8 Å². The van der Waals surface area contributed by atoms with Crippen LogP contribution in [0.1, 0.15) is 12.8 Å². The predicted molar refractivity (Wildman–Crippen MR) is 94.3 cm³/mol. The van der Waals surface area contributed by atoms with Crippen molar-refractivity contribution < 1.29 is 18.3 Å². The molecular formula is C16H15Cl2NO4S. The summed E-state index contributed by atoms with van der Waals surface area (Å²) in [4.78, 5) is 10.7. The molecule has 24 heavy (non-hydrogen) atoms. The van der Waals surface area contributed by atoms with E-state index >= 15 is 0 Å². The third kappa shape index (κ3) is 4.41. The highest BCUT2D eigenvalue weighted by molar-refractivity contribution is 7.92. The molecule has 0 aliphatic heterocycles. The van der Waals surface area contributed by atoms with Crippen LogP contribution >= 0.6 is 23.2 Å². The lowest BCUT2D eigenvalue weighted by Crippen LogP contribution is -2.32. The molecule has 2 rings (SSSR count). The number of halogens is 2. The molecule has 128 valence electrons. The second-order valence-electron chi connectivity index (χ2n) is 4.99. The van der Waals surface area contributed by atoms with Gasteiger partial charge in [0.15, 0.2) is 0 Å². The van der Waals surface area contributed by atoms with Gasteiger partial charge in [-0.25, -0.2) is 8.42 Å². The van der Waals surface area contributed by atoms with Crippen molar-refractivity contribution in [3.05, 3.63) is 58.6 Å². The van der Waals surface area contributed by atoms with Gasteiger partial charge in [0.1, 0.15) is 0 Å². The van der Waals surface area contributed by atoms with Crippen LogP contribution in [0, 0.1) is 0 Å². The lowest BCUT2D eigenvalue weighted by molar-refractivity contribution is -0.137. The Hall–Kier alpha value is -1.76. The molecule has 2 aromatic rings. The summed E-state index contributed by atoms with van der Waals surface area (Å²) in [5.41, 5.74) is 0.453. The van der Waals surface area contributed by atoms with Gasteiger partial charge in [-0.1, -0.05) is 41.4 Å². The van der Waals surface area contributed by atoms with Crippen molar-refractivity contribution in [3.63, 3.8) is 0 Å². The predicted octanol–water partition coefficient (Wildman–Crippen LogP) is 4.05. The number of hydrogen-bond acceptors (Lipinski definition) is 3. The number of carboxylic acids is 1. The highest BCUT2D eigenvalue weighted by Crippen LogP contribution is 2.29. The first-order chi connectivity index (χ1) is 11.3. The molecule has 0 aliphatic carbocycles. The molecule has 0 atom stereocenters. The van der Waals surface area contributed by atoms with Gasteiger partial charge in [-0.15, -0.1) is 0 Å². The van der Waals surface area contributed by atoms with E-state index in [1.54, 1.807) is 30.3 Å². The Bertz CT molecular complexity index is 825. The number of para-hydroxylation sites is 1. The molecule has 2 aromatic carbocycles. The van der Waals surface area contributed by atoms with E-state index in [1.165, 1.54) is 22.5 Å². The molecule has 0 saturated heterocycles. The van der Waals surface area contributed by atoms with Crippen LogP contribution in [0.5, 0.6) is 0 Å². The number of hydrogen-bond donors (Lipinski definition) is 1. The monoisotopic (exact) mass is 387 g/mol. The van der Waals surface area contributed by atoms with Gasteiger partial charge in [-0.3, -0.25) is 9.10 Å². The Morgan fingerprint density at radius 3 is 2.29 bits per heavy atom. The first kappa shape index (κ1) is 18.6. The van der Waals surface area contributed by atoms with E-state index in [9.17, 15) is 13.2 Å². The van der Waals surface area contributed by atoms with Crippen molar-refractivity contribution in [1.29, 1.82) is 0 Å². The molecule has 0 saturated carbocycles. The SMILES string of the molecule is O=C(O)CCCN(c1ccccc1)S(=O)(=O)c1ccc(Cl)c(Cl)c1. The summed E-state index contributed by atoms with van der Waals surface area (Å²) < 4.78 is 27.1.